The van der Waals surface area contributed by atoms with Gasteiger partial charge in [0.1, 0.15) is 6.04 Å². The molecule has 1 aliphatic heterocycles. The predicted octanol–water partition coefficient (Wildman–Crippen LogP) is 1.15. The third-order valence-corrected chi connectivity index (χ3v) is 1.85. The highest BCUT2D eigenvalue weighted by Gasteiger charge is 2.46. The minimum atomic E-state index is -4.10. The summed E-state index contributed by atoms with van der Waals surface area (Å²) in [5, 5.41) is 1.13. The average molecular weight is 168 g/mol. The zero-order valence-electron chi connectivity index (χ0n) is 6.44. The average Bonchev–Trinajstić information content (AvgIpc) is 2.08. The van der Waals surface area contributed by atoms with E-state index in [4.69, 9.17) is 0 Å². The van der Waals surface area contributed by atoms with Crippen LogP contribution in [0, 0.1) is 0 Å². The van der Waals surface area contributed by atoms with Gasteiger partial charge in [0, 0.05) is 13.1 Å². The molecule has 5 heteroatoms. The Morgan fingerprint density at radius 2 is 2.00 bits per heavy atom. The van der Waals surface area contributed by atoms with Crippen LogP contribution in [0.3, 0.4) is 0 Å². The van der Waals surface area contributed by atoms with E-state index in [9.17, 15) is 13.2 Å². The first kappa shape index (κ1) is 8.80. The van der Waals surface area contributed by atoms with E-state index in [1.165, 1.54) is 7.05 Å². The molecule has 1 aliphatic rings. The lowest BCUT2D eigenvalue weighted by atomic mass is 10.1. The van der Waals surface area contributed by atoms with Gasteiger partial charge in [0.15, 0.2) is 0 Å². The van der Waals surface area contributed by atoms with E-state index in [0.29, 0.717) is 0 Å². The number of nitrogens with one attached hydrogen (secondary N) is 1. The first-order valence-electron chi connectivity index (χ1n) is 3.47. The van der Waals surface area contributed by atoms with Crippen LogP contribution >= 0.6 is 0 Å². The van der Waals surface area contributed by atoms with Crippen LogP contribution in [0.4, 0.5) is 13.2 Å². The van der Waals surface area contributed by atoms with Crippen LogP contribution in [0.1, 0.15) is 13.3 Å². The molecule has 2 nitrogen and oxygen atoms in total. The normalized spacial score (nSPS) is 34.6. The Bertz CT molecular complexity index is 145. The van der Waals surface area contributed by atoms with Crippen LogP contribution in [-0.2, 0) is 0 Å². The fourth-order valence-electron chi connectivity index (χ4n) is 1.34. The summed E-state index contributed by atoms with van der Waals surface area (Å²) in [6.07, 6.45) is -3.97. The quantitative estimate of drug-likeness (QED) is 0.583. The van der Waals surface area contributed by atoms with E-state index in [-0.39, 0.29) is 12.5 Å². The summed E-state index contributed by atoms with van der Waals surface area (Å²) in [4.78, 5) is 0. The van der Waals surface area contributed by atoms with E-state index < -0.39 is 12.2 Å². The summed E-state index contributed by atoms with van der Waals surface area (Å²) < 4.78 is 36.3. The highest BCUT2D eigenvalue weighted by Crippen LogP contribution is 2.29. The lowest BCUT2D eigenvalue weighted by molar-refractivity contribution is -0.176. The molecule has 0 spiro atoms. The summed E-state index contributed by atoms with van der Waals surface area (Å²) in [7, 11) is 1.42. The number of hydrogen-bond donors (Lipinski definition) is 1. The van der Waals surface area contributed by atoms with Gasteiger partial charge in [-0.25, -0.2) is 5.01 Å². The van der Waals surface area contributed by atoms with Crippen molar-refractivity contribution in [3.05, 3.63) is 0 Å². The standard InChI is InChI=1S/C6H11F3N2/c1-4-3-5(6(7,8)9)11(2)10-4/h4-5,10H,3H2,1-2H3. The second-order valence-corrected chi connectivity index (χ2v) is 2.93. The molecule has 0 aliphatic carbocycles. The molecule has 0 aromatic heterocycles. The molecule has 0 aromatic carbocycles. The molecule has 1 N–H and O–H groups in total. The maximum Gasteiger partial charge on any atom is 0.405 e. The summed E-state index contributed by atoms with van der Waals surface area (Å²) in [6.45, 7) is 1.74. The molecule has 0 bridgehead atoms. The van der Waals surface area contributed by atoms with Crippen LogP contribution in [-0.4, -0.2) is 30.3 Å². The molecule has 1 saturated heterocycles. The molecule has 2 unspecified atom stereocenters. The Labute approximate surface area is 63.3 Å². The van der Waals surface area contributed by atoms with Crippen molar-refractivity contribution in [3.63, 3.8) is 0 Å². The zero-order chi connectivity index (χ0) is 8.65. The van der Waals surface area contributed by atoms with Crippen LogP contribution in [0.25, 0.3) is 0 Å². The van der Waals surface area contributed by atoms with E-state index in [1.54, 1.807) is 6.92 Å². The second-order valence-electron chi connectivity index (χ2n) is 2.93. The van der Waals surface area contributed by atoms with Crippen molar-refractivity contribution in [2.45, 2.75) is 31.6 Å². The van der Waals surface area contributed by atoms with Crippen molar-refractivity contribution in [2.24, 2.45) is 0 Å². The number of rotatable bonds is 0. The number of hydrogen-bond acceptors (Lipinski definition) is 2. The maximum absolute atomic E-state index is 12.1. The Morgan fingerprint density at radius 3 is 2.18 bits per heavy atom. The molecular formula is C6H11F3N2. The maximum atomic E-state index is 12.1. The molecule has 0 radical (unpaired) electrons. The Hall–Kier alpha value is -0.290. The lowest BCUT2D eigenvalue weighted by Crippen LogP contribution is -2.42. The van der Waals surface area contributed by atoms with E-state index in [2.05, 4.69) is 5.43 Å². The highest BCUT2D eigenvalue weighted by molar-refractivity contribution is 4.84. The minimum absolute atomic E-state index is 0.0772. The number of nitrogens with zero attached hydrogens (tertiary/aromatic N) is 1. The molecule has 0 amide bonds. The summed E-state index contributed by atoms with van der Waals surface area (Å²) in [5.74, 6) is 0. The van der Waals surface area contributed by atoms with Crippen molar-refractivity contribution in [1.29, 1.82) is 0 Å². The number of halogens is 3. The zero-order valence-corrected chi connectivity index (χ0v) is 6.44. The lowest BCUT2D eigenvalue weighted by Gasteiger charge is -2.21. The highest BCUT2D eigenvalue weighted by atomic mass is 19.4. The summed E-state index contributed by atoms with van der Waals surface area (Å²) >= 11 is 0. The van der Waals surface area contributed by atoms with Gasteiger partial charge in [0.2, 0.25) is 0 Å². The van der Waals surface area contributed by atoms with E-state index in [0.717, 1.165) is 5.01 Å². The van der Waals surface area contributed by atoms with Gasteiger partial charge >= 0.3 is 6.18 Å². The topological polar surface area (TPSA) is 15.3 Å². The first-order valence-corrected chi connectivity index (χ1v) is 3.47. The molecule has 66 valence electrons. The van der Waals surface area contributed by atoms with Crippen molar-refractivity contribution in [1.82, 2.24) is 10.4 Å². The largest absolute Gasteiger partial charge is 0.405 e. The van der Waals surface area contributed by atoms with Crippen molar-refractivity contribution < 1.29 is 13.2 Å². The van der Waals surface area contributed by atoms with Crippen molar-refractivity contribution in [2.75, 3.05) is 7.05 Å². The van der Waals surface area contributed by atoms with E-state index in [1.807, 2.05) is 0 Å². The van der Waals surface area contributed by atoms with Crippen molar-refractivity contribution >= 4 is 0 Å². The molecule has 1 fully saturated rings. The van der Waals surface area contributed by atoms with Crippen molar-refractivity contribution in [3.8, 4) is 0 Å². The van der Waals surface area contributed by atoms with Gasteiger partial charge in [-0.2, -0.15) is 13.2 Å². The van der Waals surface area contributed by atoms with Gasteiger partial charge in [-0.05, 0) is 13.3 Å². The van der Waals surface area contributed by atoms with Gasteiger partial charge in [0.05, 0.1) is 0 Å². The Kier molecular flexibility index (Phi) is 2.11. The molecule has 0 saturated carbocycles. The Morgan fingerprint density at radius 1 is 1.45 bits per heavy atom. The minimum Gasteiger partial charge on any atom is -0.252 e. The monoisotopic (exact) mass is 168 g/mol. The van der Waals surface area contributed by atoms with E-state index >= 15 is 0 Å². The van der Waals surface area contributed by atoms with Crippen LogP contribution in [0.5, 0.6) is 0 Å². The third-order valence-electron chi connectivity index (χ3n) is 1.85. The predicted molar refractivity (Wildman–Crippen MR) is 34.8 cm³/mol. The van der Waals surface area contributed by atoms with Gasteiger partial charge in [-0.3, -0.25) is 5.43 Å². The van der Waals surface area contributed by atoms with Crippen LogP contribution in [0.2, 0.25) is 0 Å². The molecule has 1 heterocycles. The molecule has 2 atom stereocenters. The van der Waals surface area contributed by atoms with Crippen LogP contribution in [0.15, 0.2) is 0 Å². The fourth-order valence-corrected chi connectivity index (χ4v) is 1.34. The third kappa shape index (κ3) is 1.84. The number of alkyl halides is 3. The van der Waals surface area contributed by atoms with Crippen LogP contribution < -0.4 is 5.43 Å². The van der Waals surface area contributed by atoms with Gasteiger partial charge in [0.25, 0.3) is 0 Å². The van der Waals surface area contributed by atoms with Gasteiger partial charge < -0.3 is 0 Å². The Balaban J connectivity index is 2.60. The molecular weight excluding hydrogens is 157 g/mol. The SMILES string of the molecule is CC1CC(C(F)(F)F)N(C)N1. The summed E-state index contributed by atoms with van der Waals surface area (Å²) in [6, 6.07) is -1.40. The smallest absolute Gasteiger partial charge is 0.252 e. The first-order chi connectivity index (χ1) is 4.91. The van der Waals surface area contributed by atoms with Gasteiger partial charge in [-0.1, -0.05) is 0 Å². The van der Waals surface area contributed by atoms with Gasteiger partial charge in [-0.15, -0.1) is 0 Å². The number of hydrazine groups is 1. The summed E-state index contributed by atoms with van der Waals surface area (Å²) in [5.41, 5.74) is 2.69. The molecule has 11 heavy (non-hydrogen) atoms. The molecule has 1 rings (SSSR count). The second kappa shape index (κ2) is 2.64. The fraction of sp³-hybridized carbons (Fsp3) is 1.00. The molecule has 0 aromatic rings.